The maximum Gasteiger partial charge on any atom is 0.415 e. The molecule has 25 heavy (non-hydrogen) atoms. The fourth-order valence-corrected chi connectivity index (χ4v) is 3.58. The highest BCUT2D eigenvalue weighted by atomic mass is 35.5. The first-order chi connectivity index (χ1) is 11.4. The number of fused-ring (bicyclic) bond motifs is 2. The standard InChI is InChI=1S/C15H16ClN5O3.H2S/c1-15(9-20-7-13(21(22)23)18-14(20)24-15)8-19-5-4-11-10(6-19)2-3-12(16)17-11;/h2-3,7H,4-6,8-9H2,1H3;1H2/t15-;/m0./s1. The minimum Gasteiger partial charge on any atom is -0.436 e. The van der Waals surface area contributed by atoms with Gasteiger partial charge in [-0.2, -0.15) is 13.5 Å². The van der Waals surface area contributed by atoms with Gasteiger partial charge in [0.1, 0.15) is 17.0 Å². The van der Waals surface area contributed by atoms with Crippen molar-refractivity contribution in [1.82, 2.24) is 19.4 Å². The summed E-state index contributed by atoms with van der Waals surface area (Å²) in [7, 11) is 0. The Morgan fingerprint density at radius 3 is 2.96 bits per heavy atom. The topological polar surface area (TPSA) is 86.3 Å². The van der Waals surface area contributed by atoms with Crippen LogP contribution in [-0.4, -0.2) is 43.0 Å². The molecule has 134 valence electrons. The van der Waals surface area contributed by atoms with E-state index in [4.69, 9.17) is 16.3 Å². The molecular weight excluding hydrogens is 366 g/mol. The number of hydrogen-bond acceptors (Lipinski definition) is 6. The second-order valence-corrected chi connectivity index (χ2v) is 6.91. The van der Waals surface area contributed by atoms with Gasteiger partial charge in [-0.05, 0) is 23.5 Å². The van der Waals surface area contributed by atoms with E-state index in [1.807, 2.05) is 19.1 Å². The summed E-state index contributed by atoms with van der Waals surface area (Å²) in [6.45, 7) is 4.93. The number of aromatic nitrogens is 3. The van der Waals surface area contributed by atoms with E-state index in [2.05, 4.69) is 14.9 Å². The Hall–Kier alpha value is -1.84. The summed E-state index contributed by atoms with van der Waals surface area (Å²) in [5.41, 5.74) is 1.79. The largest absolute Gasteiger partial charge is 0.436 e. The van der Waals surface area contributed by atoms with E-state index in [1.165, 1.54) is 11.8 Å². The molecule has 0 radical (unpaired) electrons. The van der Waals surface area contributed by atoms with Crippen LogP contribution in [0.15, 0.2) is 18.3 Å². The second-order valence-electron chi connectivity index (χ2n) is 6.52. The van der Waals surface area contributed by atoms with E-state index in [-0.39, 0.29) is 19.3 Å². The Labute approximate surface area is 156 Å². The van der Waals surface area contributed by atoms with Crippen LogP contribution in [0.5, 0.6) is 6.01 Å². The third-order valence-corrected chi connectivity index (χ3v) is 4.62. The third kappa shape index (κ3) is 3.44. The van der Waals surface area contributed by atoms with Gasteiger partial charge in [-0.3, -0.25) is 9.47 Å². The number of rotatable bonds is 3. The molecule has 10 heteroatoms. The molecule has 0 unspecified atom stereocenters. The molecule has 1 atom stereocenters. The van der Waals surface area contributed by atoms with Crippen molar-refractivity contribution in [2.45, 2.75) is 32.0 Å². The molecule has 2 aliphatic heterocycles. The number of imidazole rings is 1. The van der Waals surface area contributed by atoms with Gasteiger partial charge in [-0.1, -0.05) is 17.7 Å². The second kappa shape index (κ2) is 6.47. The SMILES string of the molecule is C[C@]1(CN2CCc3nc(Cl)ccc3C2)Cn2cc([N+](=O)[O-])nc2O1.S. The van der Waals surface area contributed by atoms with Gasteiger partial charge >= 0.3 is 11.8 Å². The molecule has 2 aromatic heterocycles. The monoisotopic (exact) mass is 383 g/mol. The molecule has 4 rings (SSSR count). The van der Waals surface area contributed by atoms with Crippen molar-refractivity contribution in [3.8, 4) is 6.01 Å². The molecule has 4 heterocycles. The molecule has 0 aromatic carbocycles. The molecule has 8 nitrogen and oxygen atoms in total. The van der Waals surface area contributed by atoms with Gasteiger partial charge in [0.15, 0.2) is 0 Å². The maximum absolute atomic E-state index is 10.8. The molecule has 0 fully saturated rings. The van der Waals surface area contributed by atoms with Crippen molar-refractivity contribution >= 4 is 30.9 Å². The maximum atomic E-state index is 10.8. The van der Waals surface area contributed by atoms with E-state index >= 15 is 0 Å². The van der Waals surface area contributed by atoms with Crippen LogP contribution < -0.4 is 4.74 Å². The summed E-state index contributed by atoms with van der Waals surface area (Å²) in [5.74, 6) is -0.179. The molecule has 0 amide bonds. The van der Waals surface area contributed by atoms with Crippen LogP contribution in [0, 0.1) is 10.1 Å². The minimum absolute atomic E-state index is 0. The zero-order chi connectivity index (χ0) is 16.9. The molecule has 2 aromatic rings. The normalized spacial score (nSPS) is 21.8. The Morgan fingerprint density at radius 2 is 2.24 bits per heavy atom. The van der Waals surface area contributed by atoms with Gasteiger partial charge in [0, 0.05) is 36.7 Å². The Kier molecular flexibility index (Phi) is 4.65. The number of nitrogens with zero attached hydrogens (tertiary/aromatic N) is 5. The molecule has 2 aliphatic rings. The lowest BCUT2D eigenvalue weighted by atomic mass is 10.0. The quantitative estimate of drug-likeness (QED) is 0.458. The minimum atomic E-state index is -0.508. The predicted molar refractivity (Wildman–Crippen MR) is 96.5 cm³/mol. The van der Waals surface area contributed by atoms with Gasteiger partial charge in [0.2, 0.25) is 0 Å². The van der Waals surface area contributed by atoms with Crippen molar-refractivity contribution in [2.24, 2.45) is 0 Å². The average molecular weight is 384 g/mol. The first-order valence-electron chi connectivity index (χ1n) is 7.69. The zero-order valence-corrected chi connectivity index (χ0v) is 15.4. The van der Waals surface area contributed by atoms with E-state index in [1.54, 1.807) is 4.57 Å². The summed E-state index contributed by atoms with van der Waals surface area (Å²) < 4.78 is 7.61. The number of nitro groups is 1. The van der Waals surface area contributed by atoms with Crippen molar-refractivity contribution in [3.05, 3.63) is 44.9 Å². The summed E-state index contributed by atoms with van der Waals surface area (Å²) in [4.78, 5) is 20.9. The number of ether oxygens (including phenoxy) is 1. The predicted octanol–water partition coefficient (Wildman–Crippen LogP) is 2.16. The Morgan fingerprint density at radius 1 is 1.44 bits per heavy atom. The van der Waals surface area contributed by atoms with E-state index in [9.17, 15) is 10.1 Å². The van der Waals surface area contributed by atoms with Gasteiger partial charge < -0.3 is 14.9 Å². The molecule has 0 bridgehead atoms. The van der Waals surface area contributed by atoms with Crippen LogP contribution in [0.4, 0.5) is 5.82 Å². The summed E-state index contributed by atoms with van der Waals surface area (Å²) >= 11 is 5.94. The van der Waals surface area contributed by atoms with Crippen molar-refractivity contribution in [1.29, 1.82) is 0 Å². The van der Waals surface area contributed by atoms with Gasteiger partial charge in [0.25, 0.3) is 0 Å². The molecule has 0 aliphatic carbocycles. The highest BCUT2D eigenvalue weighted by Crippen LogP contribution is 2.32. The third-order valence-electron chi connectivity index (χ3n) is 4.41. The van der Waals surface area contributed by atoms with Crippen LogP contribution in [0.25, 0.3) is 0 Å². The van der Waals surface area contributed by atoms with Crippen molar-refractivity contribution in [3.63, 3.8) is 0 Å². The lowest BCUT2D eigenvalue weighted by Crippen LogP contribution is -2.46. The number of halogens is 1. The zero-order valence-electron chi connectivity index (χ0n) is 13.6. The summed E-state index contributed by atoms with van der Waals surface area (Å²) in [5, 5.41) is 11.3. The lowest BCUT2D eigenvalue weighted by molar-refractivity contribution is -0.389. The first kappa shape index (κ1) is 18.0. The van der Waals surface area contributed by atoms with E-state index in [0.29, 0.717) is 24.3 Å². The highest BCUT2D eigenvalue weighted by molar-refractivity contribution is 7.59. The van der Waals surface area contributed by atoms with Gasteiger partial charge in [-0.15, -0.1) is 0 Å². The Bertz CT molecular complexity index is 804. The smallest absolute Gasteiger partial charge is 0.415 e. The van der Waals surface area contributed by atoms with E-state index in [0.717, 1.165) is 25.2 Å². The van der Waals surface area contributed by atoms with Crippen LogP contribution in [0.1, 0.15) is 18.2 Å². The fourth-order valence-electron chi connectivity index (χ4n) is 3.42. The molecule has 0 spiro atoms. The highest BCUT2D eigenvalue weighted by Gasteiger charge is 2.41. The average Bonchev–Trinajstić information content (AvgIpc) is 3.02. The fraction of sp³-hybridized carbons (Fsp3) is 0.467. The Balaban J connectivity index is 0.00000182. The van der Waals surface area contributed by atoms with Crippen molar-refractivity contribution < 1.29 is 9.66 Å². The van der Waals surface area contributed by atoms with Crippen LogP contribution >= 0.6 is 25.1 Å². The molecule has 0 saturated heterocycles. The summed E-state index contributed by atoms with van der Waals surface area (Å²) in [6, 6.07) is 4.14. The van der Waals surface area contributed by atoms with Gasteiger partial charge in [-0.25, -0.2) is 4.98 Å². The van der Waals surface area contributed by atoms with Crippen LogP contribution in [0.2, 0.25) is 5.15 Å². The molecule has 0 N–H and O–H groups in total. The number of pyridine rings is 1. The first-order valence-corrected chi connectivity index (χ1v) is 8.07. The van der Waals surface area contributed by atoms with E-state index < -0.39 is 10.5 Å². The van der Waals surface area contributed by atoms with Gasteiger partial charge in [0.05, 0.1) is 6.54 Å². The van der Waals surface area contributed by atoms with Crippen LogP contribution in [0.3, 0.4) is 0 Å². The molecular formula is C15H18ClN5O3S. The lowest BCUT2D eigenvalue weighted by Gasteiger charge is -2.33. The molecule has 0 saturated carbocycles. The number of hydrogen-bond donors (Lipinski definition) is 0. The summed E-state index contributed by atoms with van der Waals surface area (Å²) in [6.07, 6.45) is 2.28. The van der Waals surface area contributed by atoms with Crippen LogP contribution in [-0.2, 0) is 19.5 Å². The van der Waals surface area contributed by atoms with Crippen molar-refractivity contribution in [2.75, 3.05) is 13.1 Å².